The van der Waals surface area contributed by atoms with E-state index in [0.29, 0.717) is 24.5 Å². The van der Waals surface area contributed by atoms with Crippen LogP contribution in [0.1, 0.15) is 31.7 Å². The van der Waals surface area contributed by atoms with Gasteiger partial charge < -0.3 is 19.9 Å². The molecule has 3 aliphatic rings. The van der Waals surface area contributed by atoms with Gasteiger partial charge in [-0.2, -0.15) is 0 Å². The molecule has 8 heteroatoms. The van der Waals surface area contributed by atoms with E-state index in [9.17, 15) is 14.7 Å². The molecular formula is C26H31N3O5. The molecule has 0 saturated carbocycles. The van der Waals surface area contributed by atoms with E-state index in [2.05, 4.69) is 10.2 Å². The van der Waals surface area contributed by atoms with Crippen molar-refractivity contribution in [3.05, 3.63) is 54.1 Å². The molecule has 2 aromatic carbocycles. The Morgan fingerprint density at radius 3 is 2.59 bits per heavy atom. The zero-order valence-corrected chi connectivity index (χ0v) is 19.4. The molecule has 2 saturated heterocycles. The second kappa shape index (κ2) is 9.18. The molecule has 0 radical (unpaired) electrons. The Kier molecular flexibility index (Phi) is 6.08. The summed E-state index contributed by atoms with van der Waals surface area (Å²) >= 11 is 0. The molecule has 2 fully saturated rings. The van der Waals surface area contributed by atoms with Gasteiger partial charge in [0, 0.05) is 6.54 Å². The number of imide groups is 1. The Hall–Kier alpha value is -3.26. The van der Waals surface area contributed by atoms with E-state index in [0.717, 1.165) is 38.0 Å². The highest BCUT2D eigenvalue weighted by Gasteiger charge is 2.55. The topological polar surface area (TPSA) is 91.3 Å². The number of para-hydroxylation sites is 2. The van der Waals surface area contributed by atoms with Crippen molar-refractivity contribution in [3.8, 4) is 17.2 Å². The fraction of sp³-hybridized carbons (Fsp3) is 0.462. The van der Waals surface area contributed by atoms with Gasteiger partial charge in [-0.25, -0.2) is 4.79 Å². The number of amides is 3. The second-order valence-electron chi connectivity index (χ2n) is 9.39. The highest BCUT2D eigenvalue weighted by atomic mass is 16.6. The minimum Gasteiger partial charge on any atom is -0.508 e. The molecular weight excluding hydrogens is 434 g/mol. The Morgan fingerprint density at radius 1 is 1.09 bits per heavy atom. The van der Waals surface area contributed by atoms with Crippen molar-refractivity contribution in [2.75, 3.05) is 26.2 Å². The molecule has 2 atom stereocenters. The van der Waals surface area contributed by atoms with Crippen molar-refractivity contribution in [2.24, 2.45) is 5.92 Å². The minimum atomic E-state index is -0.873. The molecule has 3 heterocycles. The minimum absolute atomic E-state index is 0.0728. The first kappa shape index (κ1) is 22.5. The first-order valence-corrected chi connectivity index (χ1v) is 12.0. The van der Waals surface area contributed by atoms with Crippen LogP contribution in [0.5, 0.6) is 17.2 Å². The number of hydrogen-bond acceptors (Lipinski definition) is 6. The van der Waals surface area contributed by atoms with Crippen LogP contribution in [0, 0.1) is 5.92 Å². The van der Waals surface area contributed by atoms with Crippen LogP contribution >= 0.6 is 0 Å². The molecule has 34 heavy (non-hydrogen) atoms. The van der Waals surface area contributed by atoms with Crippen molar-refractivity contribution in [2.45, 2.75) is 44.4 Å². The number of carbonyl (C=O) groups excluding carboxylic acids is 2. The fourth-order valence-corrected chi connectivity index (χ4v) is 5.47. The molecule has 3 aliphatic heterocycles. The van der Waals surface area contributed by atoms with Crippen molar-refractivity contribution in [1.29, 1.82) is 0 Å². The number of phenols is 1. The summed E-state index contributed by atoms with van der Waals surface area (Å²) in [5.74, 6) is 1.49. The van der Waals surface area contributed by atoms with E-state index in [1.165, 1.54) is 4.90 Å². The summed E-state index contributed by atoms with van der Waals surface area (Å²) in [4.78, 5) is 30.2. The number of hydrogen-bond donors (Lipinski definition) is 2. The van der Waals surface area contributed by atoms with Crippen molar-refractivity contribution in [1.82, 2.24) is 15.1 Å². The summed E-state index contributed by atoms with van der Waals surface area (Å²) in [6.45, 7) is 4.85. The van der Waals surface area contributed by atoms with Gasteiger partial charge in [0.1, 0.15) is 17.9 Å². The molecule has 180 valence electrons. The third kappa shape index (κ3) is 4.18. The van der Waals surface area contributed by atoms with Crippen LogP contribution in [0.2, 0.25) is 0 Å². The molecule has 0 unspecified atom stereocenters. The summed E-state index contributed by atoms with van der Waals surface area (Å²) in [6.07, 6.45) is 1.79. The van der Waals surface area contributed by atoms with Crippen LogP contribution in [0.25, 0.3) is 0 Å². The Morgan fingerprint density at radius 2 is 1.85 bits per heavy atom. The zero-order chi connectivity index (χ0) is 23.7. The van der Waals surface area contributed by atoms with Gasteiger partial charge in [0.15, 0.2) is 17.6 Å². The van der Waals surface area contributed by atoms with E-state index >= 15 is 0 Å². The molecule has 5 rings (SSSR count). The number of aromatic hydroxyl groups is 1. The van der Waals surface area contributed by atoms with Crippen LogP contribution in [0.4, 0.5) is 4.79 Å². The summed E-state index contributed by atoms with van der Waals surface area (Å²) < 4.78 is 11.8. The Labute approximate surface area is 199 Å². The van der Waals surface area contributed by atoms with E-state index < -0.39 is 11.6 Å². The van der Waals surface area contributed by atoms with Crippen LogP contribution < -0.4 is 14.8 Å². The lowest BCUT2D eigenvalue weighted by molar-refractivity contribution is -0.135. The van der Waals surface area contributed by atoms with Gasteiger partial charge in [-0.05, 0) is 68.1 Å². The first-order chi connectivity index (χ1) is 16.5. The van der Waals surface area contributed by atoms with Crippen LogP contribution in [0.15, 0.2) is 48.5 Å². The number of carbonyl (C=O) groups is 2. The number of piperidine rings is 1. The number of ether oxygens (including phenoxy) is 2. The predicted molar refractivity (Wildman–Crippen MR) is 126 cm³/mol. The first-order valence-electron chi connectivity index (χ1n) is 12.0. The van der Waals surface area contributed by atoms with E-state index in [1.807, 2.05) is 43.3 Å². The summed E-state index contributed by atoms with van der Waals surface area (Å²) in [5, 5.41) is 12.8. The van der Waals surface area contributed by atoms with Crippen LogP contribution in [0.3, 0.4) is 0 Å². The Bertz CT molecular complexity index is 1070. The van der Waals surface area contributed by atoms with E-state index in [1.54, 1.807) is 12.1 Å². The average molecular weight is 466 g/mol. The SMILES string of the molecule is CC[C@@]1(C2CCN(Cc3cccc(O)c3)CC2)NC(=O)N(C[C@@H]2COc3ccccc3O2)C1=O. The number of nitrogens with zero attached hydrogens (tertiary/aromatic N) is 2. The maximum atomic E-state index is 13.6. The van der Waals surface area contributed by atoms with E-state index in [-0.39, 0.29) is 30.2 Å². The highest BCUT2D eigenvalue weighted by Crippen LogP contribution is 2.37. The average Bonchev–Trinajstić information content (AvgIpc) is 3.09. The van der Waals surface area contributed by atoms with E-state index in [4.69, 9.17) is 9.47 Å². The van der Waals surface area contributed by atoms with Gasteiger partial charge in [0.25, 0.3) is 5.91 Å². The molecule has 2 aromatic rings. The third-order valence-corrected chi connectivity index (χ3v) is 7.31. The third-order valence-electron chi connectivity index (χ3n) is 7.31. The van der Waals surface area contributed by atoms with Gasteiger partial charge in [0.2, 0.25) is 0 Å². The fourth-order valence-electron chi connectivity index (χ4n) is 5.47. The number of rotatable bonds is 6. The van der Waals surface area contributed by atoms with Crippen molar-refractivity contribution < 1.29 is 24.2 Å². The van der Waals surface area contributed by atoms with Gasteiger partial charge in [0.05, 0.1) is 6.54 Å². The molecule has 8 nitrogen and oxygen atoms in total. The quantitative estimate of drug-likeness (QED) is 0.637. The number of likely N-dealkylation sites (tertiary alicyclic amines) is 1. The number of urea groups is 1. The predicted octanol–water partition coefficient (Wildman–Crippen LogP) is 3.14. The monoisotopic (exact) mass is 465 g/mol. The molecule has 2 N–H and O–H groups in total. The summed E-state index contributed by atoms with van der Waals surface area (Å²) in [6, 6.07) is 14.4. The van der Waals surface area contributed by atoms with Gasteiger partial charge >= 0.3 is 6.03 Å². The number of benzene rings is 2. The molecule has 0 bridgehead atoms. The largest absolute Gasteiger partial charge is 0.508 e. The number of nitrogens with one attached hydrogen (secondary N) is 1. The summed E-state index contributed by atoms with van der Waals surface area (Å²) in [5.41, 5.74) is 0.193. The second-order valence-corrected chi connectivity index (χ2v) is 9.39. The Balaban J connectivity index is 1.22. The zero-order valence-electron chi connectivity index (χ0n) is 19.4. The molecule has 3 amide bonds. The van der Waals surface area contributed by atoms with Crippen LogP contribution in [-0.4, -0.2) is 64.7 Å². The van der Waals surface area contributed by atoms with Gasteiger partial charge in [-0.15, -0.1) is 0 Å². The normalized spacial score (nSPS) is 25.4. The molecule has 0 aliphatic carbocycles. The lowest BCUT2D eigenvalue weighted by atomic mass is 9.75. The lowest BCUT2D eigenvalue weighted by Gasteiger charge is -2.40. The highest BCUT2D eigenvalue weighted by molar-refractivity contribution is 6.07. The number of phenolic OH excluding ortho intramolecular Hbond substituents is 1. The maximum absolute atomic E-state index is 13.6. The number of fused-ring (bicyclic) bond motifs is 1. The standard InChI is InChI=1S/C26H31N3O5/c1-2-26(19-10-12-28(13-11-19)15-18-6-5-7-20(30)14-18)24(31)29(25(32)27-26)16-21-17-33-22-8-3-4-9-23(22)34-21/h3-9,14,19,21,30H,2,10-13,15-17H2,1H3,(H,27,32)/t21-,26+/m1/s1. The lowest BCUT2D eigenvalue weighted by Crippen LogP contribution is -2.56. The van der Waals surface area contributed by atoms with Gasteiger partial charge in [-0.1, -0.05) is 31.2 Å². The maximum Gasteiger partial charge on any atom is 0.325 e. The van der Waals surface area contributed by atoms with Crippen molar-refractivity contribution >= 4 is 11.9 Å². The molecule has 0 aromatic heterocycles. The smallest absolute Gasteiger partial charge is 0.325 e. The summed E-state index contributed by atoms with van der Waals surface area (Å²) in [7, 11) is 0. The van der Waals surface area contributed by atoms with Crippen molar-refractivity contribution in [3.63, 3.8) is 0 Å². The van der Waals surface area contributed by atoms with Crippen LogP contribution in [-0.2, 0) is 11.3 Å². The van der Waals surface area contributed by atoms with Gasteiger partial charge in [-0.3, -0.25) is 14.6 Å². The molecule has 0 spiro atoms.